The van der Waals surface area contributed by atoms with Gasteiger partial charge in [-0.1, -0.05) is 48.0 Å². The second-order valence-electron chi connectivity index (χ2n) is 6.96. The van der Waals surface area contributed by atoms with Gasteiger partial charge in [-0.05, 0) is 35.9 Å². The predicted octanol–water partition coefficient (Wildman–Crippen LogP) is 4.57. The topological polar surface area (TPSA) is 80.3 Å². The Balaban J connectivity index is 1.26. The van der Waals surface area contributed by atoms with Crippen molar-refractivity contribution in [1.82, 2.24) is 15.6 Å². The van der Waals surface area contributed by atoms with Gasteiger partial charge in [-0.15, -0.1) is 11.3 Å². The van der Waals surface area contributed by atoms with Crippen LogP contribution in [-0.4, -0.2) is 23.3 Å². The third-order valence-electron chi connectivity index (χ3n) is 4.65. The number of aromatic nitrogens is 1. The van der Waals surface area contributed by atoms with Crippen molar-refractivity contribution in [2.45, 2.75) is 13.2 Å². The molecule has 0 aliphatic heterocycles. The van der Waals surface area contributed by atoms with Crippen molar-refractivity contribution < 1.29 is 14.3 Å². The summed E-state index contributed by atoms with van der Waals surface area (Å²) in [5.41, 5.74) is 1.72. The highest BCUT2D eigenvalue weighted by Crippen LogP contribution is 2.34. The summed E-state index contributed by atoms with van der Waals surface area (Å²) in [6.07, 6.45) is 1.72. The number of thiophene rings is 1. The molecule has 4 aromatic rings. The van der Waals surface area contributed by atoms with Gasteiger partial charge in [0, 0.05) is 22.8 Å². The molecule has 2 heterocycles. The van der Waals surface area contributed by atoms with Crippen molar-refractivity contribution in [2.75, 3.05) is 6.54 Å². The molecule has 0 radical (unpaired) electrons. The Hall–Kier alpha value is -3.42. The van der Waals surface area contributed by atoms with Crippen LogP contribution in [0.15, 0.2) is 72.9 Å². The molecule has 2 amide bonds. The average Bonchev–Trinajstić information content (AvgIpc) is 3.17. The molecule has 0 aliphatic carbocycles. The fourth-order valence-electron chi connectivity index (χ4n) is 3.05. The molecular weight excluding hydrogens is 446 g/mol. The zero-order valence-electron chi connectivity index (χ0n) is 17.0. The number of nitrogens with zero attached hydrogens (tertiary/aromatic N) is 1. The number of carbonyl (C=O) groups is 2. The Labute approximate surface area is 194 Å². The molecule has 2 aromatic carbocycles. The Morgan fingerprint density at radius 2 is 1.84 bits per heavy atom. The zero-order valence-corrected chi connectivity index (χ0v) is 18.6. The summed E-state index contributed by atoms with van der Waals surface area (Å²) in [5.74, 6) is 0.0294. The fraction of sp³-hybridized carbons (Fsp3) is 0.125. The molecule has 32 heavy (non-hydrogen) atoms. The van der Waals surface area contributed by atoms with Crippen molar-refractivity contribution in [3.63, 3.8) is 0 Å². The highest BCUT2D eigenvalue weighted by atomic mass is 35.5. The SMILES string of the molecule is O=C(CNC(=O)c1sc2ccccc2c1Cl)NCc1cccc(OCc2ccccn2)c1. The molecule has 8 heteroatoms. The maximum Gasteiger partial charge on any atom is 0.263 e. The first kappa shape index (κ1) is 21.8. The largest absolute Gasteiger partial charge is 0.487 e. The first-order chi connectivity index (χ1) is 15.6. The minimum absolute atomic E-state index is 0.140. The van der Waals surface area contributed by atoms with Crippen LogP contribution in [0.2, 0.25) is 5.02 Å². The van der Waals surface area contributed by atoms with Gasteiger partial charge < -0.3 is 15.4 Å². The molecule has 0 atom stereocenters. The first-order valence-corrected chi connectivity index (χ1v) is 11.1. The number of carbonyl (C=O) groups excluding carboxylic acids is 2. The van der Waals surface area contributed by atoms with Crippen LogP contribution in [0.5, 0.6) is 5.75 Å². The molecule has 2 aromatic heterocycles. The van der Waals surface area contributed by atoms with Gasteiger partial charge in [0.15, 0.2) is 0 Å². The van der Waals surface area contributed by atoms with Crippen LogP contribution in [0.4, 0.5) is 0 Å². The van der Waals surface area contributed by atoms with E-state index in [9.17, 15) is 9.59 Å². The lowest BCUT2D eigenvalue weighted by molar-refractivity contribution is -0.120. The maximum atomic E-state index is 12.5. The van der Waals surface area contributed by atoms with Gasteiger partial charge in [0.1, 0.15) is 17.2 Å². The fourth-order valence-corrected chi connectivity index (χ4v) is 4.48. The maximum absolute atomic E-state index is 12.5. The summed E-state index contributed by atoms with van der Waals surface area (Å²) < 4.78 is 6.69. The summed E-state index contributed by atoms with van der Waals surface area (Å²) in [6, 6.07) is 20.7. The van der Waals surface area contributed by atoms with E-state index >= 15 is 0 Å². The van der Waals surface area contributed by atoms with Crippen LogP contribution >= 0.6 is 22.9 Å². The number of amides is 2. The molecule has 0 unspecified atom stereocenters. The quantitative estimate of drug-likeness (QED) is 0.399. The monoisotopic (exact) mass is 465 g/mol. The van der Waals surface area contributed by atoms with Crippen molar-refractivity contribution >= 4 is 44.8 Å². The predicted molar refractivity (Wildman–Crippen MR) is 126 cm³/mol. The van der Waals surface area contributed by atoms with Gasteiger partial charge in [-0.25, -0.2) is 0 Å². The van der Waals surface area contributed by atoms with Gasteiger partial charge in [-0.2, -0.15) is 0 Å². The number of pyridine rings is 1. The van der Waals surface area contributed by atoms with Gasteiger partial charge in [0.05, 0.1) is 17.3 Å². The second kappa shape index (κ2) is 10.3. The molecule has 0 fully saturated rings. The van der Waals surface area contributed by atoms with E-state index in [2.05, 4.69) is 15.6 Å². The summed E-state index contributed by atoms with van der Waals surface area (Å²) in [7, 11) is 0. The standard InChI is InChI=1S/C24H20ClN3O3S/c25-22-19-9-1-2-10-20(19)32-23(22)24(30)28-14-21(29)27-13-16-6-5-8-18(12-16)31-15-17-7-3-4-11-26-17/h1-12H,13-15H2,(H,27,29)(H,28,30). The number of rotatable bonds is 8. The summed E-state index contributed by atoms with van der Waals surface area (Å²) in [5, 5.41) is 6.67. The van der Waals surface area contributed by atoms with Gasteiger partial charge in [0.25, 0.3) is 5.91 Å². The summed E-state index contributed by atoms with van der Waals surface area (Å²) in [6.45, 7) is 0.543. The summed E-state index contributed by atoms with van der Waals surface area (Å²) in [4.78, 5) is 29.3. The van der Waals surface area contributed by atoms with Crippen molar-refractivity contribution in [1.29, 1.82) is 0 Å². The minimum Gasteiger partial charge on any atom is -0.487 e. The molecule has 4 rings (SSSR count). The number of fused-ring (bicyclic) bond motifs is 1. The van der Waals surface area contributed by atoms with E-state index in [0.717, 1.165) is 21.3 Å². The lowest BCUT2D eigenvalue weighted by Gasteiger charge is -2.09. The molecular formula is C24H20ClN3O3S. The molecule has 0 saturated carbocycles. The smallest absolute Gasteiger partial charge is 0.263 e. The second-order valence-corrected chi connectivity index (χ2v) is 8.39. The molecule has 162 valence electrons. The lowest BCUT2D eigenvalue weighted by Crippen LogP contribution is -2.36. The minimum atomic E-state index is -0.365. The van der Waals surface area contributed by atoms with Crippen molar-refractivity contribution in [3.05, 3.63) is 94.1 Å². The van der Waals surface area contributed by atoms with E-state index in [1.165, 1.54) is 11.3 Å². The number of hydrogen-bond acceptors (Lipinski definition) is 5. The zero-order chi connectivity index (χ0) is 22.3. The average molecular weight is 466 g/mol. The lowest BCUT2D eigenvalue weighted by atomic mass is 10.2. The first-order valence-electron chi connectivity index (χ1n) is 9.94. The Bertz CT molecular complexity index is 1240. The van der Waals surface area contributed by atoms with Crippen LogP contribution < -0.4 is 15.4 Å². The van der Waals surface area contributed by atoms with E-state index in [1.807, 2.05) is 66.7 Å². The molecule has 0 aliphatic rings. The van der Waals surface area contributed by atoms with Crippen molar-refractivity contribution in [2.24, 2.45) is 0 Å². The highest BCUT2D eigenvalue weighted by molar-refractivity contribution is 7.21. The molecule has 0 spiro atoms. The van der Waals surface area contributed by atoms with Gasteiger partial charge in [0.2, 0.25) is 5.91 Å². The third-order valence-corrected chi connectivity index (χ3v) is 6.33. The van der Waals surface area contributed by atoms with Crippen LogP contribution in [0, 0.1) is 0 Å². The third kappa shape index (κ3) is 5.43. The Kier molecular flexibility index (Phi) is 6.99. The molecule has 6 nitrogen and oxygen atoms in total. The van der Waals surface area contributed by atoms with E-state index < -0.39 is 0 Å². The molecule has 2 N–H and O–H groups in total. The highest BCUT2D eigenvalue weighted by Gasteiger charge is 2.17. The van der Waals surface area contributed by atoms with Crippen LogP contribution in [0.3, 0.4) is 0 Å². The van der Waals surface area contributed by atoms with E-state index in [-0.39, 0.29) is 18.4 Å². The van der Waals surface area contributed by atoms with E-state index in [1.54, 1.807) is 6.20 Å². The van der Waals surface area contributed by atoms with Crippen LogP contribution in [0.1, 0.15) is 20.9 Å². The number of nitrogens with one attached hydrogen (secondary N) is 2. The Morgan fingerprint density at radius 1 is 1.00 bits per heavy atom. The number of hydrogen-bond donors (Lipinski definition) is 2. The van der Waals surface area contributed by atoms with Gasteiger partial charge in [-0.3, -0.25) is 14.6 Å². The molecule has 0 bridgehead atoms. The van der Waals surface area contributed by atoms with E-state index in [0.29, 0.717) is 28.8 Å². The van der Waals surface area contributed by atoms with Gasteiger partial charge >= 0.3 is 0 Å². The van der Waals surface area contributed by atoms with Crippen LogP contribution in [-0.2, 0) is 17.9 Å². The normalized spacial score (nSPS) is 10.7. The number of halogens is 1. The van der Waals surface area contributed by atoms with Crippen LogP contribution in [0.25, 0.3) is 10.1 Å². The van der Waals surface area contributed by atoms with E-state index in [4.69, 9.17) is 16.3 Å². The number of benzene rings is 2. The molecule has 0 saturated heterocycles. The Morgan fingerprint density at radius 3 is 2.66 bits per heavy atom. The summed E-state index contributed by atoms with van der Waals surface area (Å²) >= 11 is 7.63. The number of ether oxygens (including phenoxy) is 1. The van der Waals surface area contributed by atoms with Crippen molar-refractivity contribution in [3.8, 4) is 5.75 Å².